The highest BCUT2D eigenvalue weighted by Crippen LogP contribution is 2.23. The molecule has 0 aromatic heterocycles. The van der Waals surface area contributed by atoms with Crippen LogP contribution < -0.4 is 11.1 Å². The van der Waals surface area contributed by atoms with Gasteiger partial charge < -0.3 is 11.1 Å². The van der Waals surface area contributed by atoms with Gasteiger partial charge in [-0.1, -0.05) is 0 Å². The van der Waals surface area contributed by atoms with Crippen LogP contribution in [0.5, 0.6) is 0 Å². The topological polar surface area (TPSA) is 38.0 Å². The van der Waals surface area contributed by atoms with Crippen molar-refractivity contribution >= 4 is 0 Å². The Labute approximate surface area is 58.8 Å². The summed E-state index contributed by atoms with van der Waals surface area (Å²) in [6.45, 7) is 0.241. The quantitative estimate of drug-likeness (QED) is 0.565. The Hall–Kier alpha value is -0.220. The van der Waals surface area contributed by atoms with Crippen LogP contribution in [0.1, 0.15) is 12.8 Å². The van der Waals surface area contributed by atoms with Gasteiger partial charge in [-0.3, -0.25) is 0 Å². The van der Waals surface area contributed by atoms with E-state index in [9.17, 15) is 8.78 Å². The largest absolute Gasteiger partial charge is 0.329 e. The fourth-order valence-electron chi connectivity index (χ4n) is 1.07. The Morgan fingerprint density at radius 1 is 1.60 bits per heavy atom. The fraction of sp³-hybridized carbons (Fsp3) is 1.00. The Kier molecular flexibility index (Phi) is 2.21. The van der Waals surface area contributed by atoms with Crippen LogP contribution >= 0.6 is 0 Å². The van der Waals surface area contributed by atoms with E-state index in [0.717, 1.165) is 0 Å². The van der Waals surface area contributed by atoms with E-state index in [4.69, 9.17) is 5.73 Å². The van der Waals surface area contributed by atoms with Crippen molar-refractivity contribution in [2.75, 3.05) is 13.1 Å². The summed E-state index contributed by atoms with van der Waals surface area (Å²) < 4.78 is 24.8. The van der Waals surface area contributed by atoms with E-state index in [1.165, 1.54) is 0 Å². The second kappa shape index (κ2) is 2.80. The van der Waals surface area contributed by atoms with Gasteiger partial charge in [0.05, 0.1) is 6.54 Å². The van der Waals surface area contributed by atoms with Crippen LogP contribution in [-0.2, 0) is 0 Å². The minimum absolute atomic E-state index is 0.0259. The SMILES string of the molecule is NCC1CCC(F)(F)CN1. The van der Waals surface area contributed by atoms with E-state index in [2.05, 4.69) is 5.32 Å². The van der Waals surface area contributed by atoms with E-state index < -0.39 is 5.92 Å². The van der Waals surface area contributed by atoms with Crippen LogP contribution in [0.25, 0.3) is 0 Å². The third kappa shape index (κ3) is 1.88. The lowest BCUT2D eigenvalue weighted by atomic mass is 10.0. The van der Waals surface area contributed by atoms with Crippen molar-refractivity contribution in [1.82, 2.24) is 5.32 Å². The van der Waals surface area contributed by atoms with Gasteiger partial charge in [0, 0.05) is 19.0 Å². The highest BCUT2D eigenvalue weighted by molar-refractivity contribution is 4.82. The molecule has 0 bridgehead atoms. The number of rotatable bonds is 1. The van der Waals surface area contributed by atoms with Crippen LogP contribution in [0.15, 0.2) is 0 Å². The normalized spacial score (nSPS) is 32.1. The fourth-order valence-corrected chi connectivity index (χ4v) is 1.07. The lowest BCUT2D eigenvalue weighted by Crippen LogP contribution is -2.48. The van der Waals surface area contributed by atoms with Crippen molar-refractivity contribution in [2.24, 2.45) is 5.73 Å². The zero-order valence-electron chi connectivity index (χ0n) is 5.74. The molecule has 0 aromatic rings. The molecule has 60 valence electrons. The Morgan fingerprint density at radius 2 is 2.30 bits per heavy atom. The van der Waals surface area contributed by atoms with Gasteiger partial charge in [0.25, 0.3) is 5.92 Å². The first kappa shape index (κ1) is 7.88. The molecule has 0 aliphatic carbocycles. The third-order valence-electron chi connectivity index (χ3n) is 1.79. The average molecular weight is 150 g/mol. The molecule has 0 aromatic carbocycles. The van der Waals surface area contributed by atoms with Crippen LogP contribution in [0.3, 0.4) is 0 Å². The van der Waals surface area contributed by atoms with Crippen molar-refractivity contribution < 1.29 is 8.78 Å². The van der Waals surface area contributed by atoms with Crippen molar-refractivity contribution in [3.05, 3.63) is 0 Å². The Bertz CT molecular complexity index is 106. The van der Waals surface area contributed by atoms with E-state index in [1.54, 1.807) is 0 Å². The van der Waals surface area contributed by atoms with Gasteiger partial charge in [-0.15, -0.1) is 0 Å². The van der Waals surface area contributed by atoms with E-state index in [0.29, 0.717) is 13.0 Å². The van der Waals surface area contributed by atoms with Crippen LogP contribution in [-0.4, -0.2) is 25.1 Å². The third-order valence-corrected chi connectivity index (χ3v) is 1.79. The molecule has 3 N–H and O–H groups in total. The maximum absolute atomic E-state index is 12.4. The van der Waals surface area contributed by atoms with Crippen molar-refractivity contribution in [3.63, 3.8) is 0 Å². The van der Waals surface area contributed by atoms with E-state index >= 15 is 0 Å². The summed E-state index contributed by atoms with van der Waals surface area (Å²) in [5, 5.41) is 2.68. The molecule has 0 saturated carbocycles. The smallest absolute Gasteiger partial charge is 0.260 e. The van der Waals surface area contributed by atoms with Crippen LogP contribution in [0.2, 0.25) is 0 Å². The average Bonchev–Trinajstić information content (AvgIpc) is 1.88. The molecule has 1 aliphatic heterocycles. The van der Waals surface area contributed by atoms with Crippen LogP contribution in [0.4, 0.5) is 8.78 Å². The lowest BCUT2D eigenvalue weighted by molar-refractivity contribution is -0.0292. The summed E-state index contributed by atoms with van der Waals surface area (Å²) in [5.41, 5.74) is 5.28. The summed E-state index contributed by atoms with van der Waals surface area (Å²) in [4.78, 5) is 0. The lowest BCUT2D eigenvalue weighted by Gasteiger charge is -2.28. The molecule has 10 heavy (non-hydrogen) atoms. The molecule has 2 nitrogen and oxygen atoms in total. The molecule has 1 rings (SSSR count). The minimum atomic E-state index is -2.51. The minimum Gasteiger partial charge on any atom is -0.329 e. The van der Waals surface area contributed by atoms with Crippen molar-refractivity contribution in [2.45, 2.75) is 24.8 Å². The van der Waals surface area contributed by atoms with Gasteiger partial charge in [-0.25, -0.2) is 8.78 Å². The zero-order valence-corrected chi connectivity index (χ0v) is 5.74. The molecular weight excluding hydrogens is 138 g/mol. The van der Waals surface area contributed by atoms with Gasteiger partial charge in [-0.05, 0) is 6.42 Å². The summed E-state index contributed by atoms with van der Waals surface area (Å²) >= 11 is 0. The molecule has 1 fully saturated rings. The van der Waals surface area contributed by atoms with Crippen molar-refractivity contribution in [3.8, 4) is 0 Å². The molecular formula is C6H12F2N2. The molecule has 4 heteroatoms. The van der Waals surface area contributed by atoms with Gasteiger partial charge in [0.2, 0.25) is 0 Å². The standard InChI is InChI=1S/C6H12F2N2/c7-6(8)2-1-5(3-9)10-4-6/h5,10H,1-4,9H2. The number of nitrogens with one attached hydrogen (secondary N) is 1. The molecule has 1 saturated heterocycles. The van der Waals surface area contributed by atoms with Crippen molar-refractivity contribution in [1.29, 1.82) is 0 Å². The van der Waals surface area contributed by atoms with Gasteiger partial charge >= 0.3 is 0 Å². The molecule has 0 radical (unpaired) electrons. The van der Waals surface area contributed by atoms with Gasteiger partial charge in [0.1, 0.15) is 0 Å². The number of alkyl halides is 2. The molecule has 1 aliphatic rings. The summed E-state index contributed by atoms with van der Waals surface area (Å²) in [7, 11) is 0. The monoisotopic (exact) mass is 150 g/mol. The molecule has 0 amide bonds. The first-order valence-corrected chi connectivity index (χ1v) is 3.45. The summed E-state index contributed by atoms with van der Waals surface area (Å²) in [6, 6.07) is 0.0969. The maximum Gasteiger partial charge on any atom is 0.260 e. The number of halogens is 2. The summed E-state index contributed by atoms with van der Waals surface area (Å²) in [6.07, 6.45) is 0.464. The predicted octanol–water partition coefficient (Wildman–Crippen LogP) is 0.332. The molecule has 1 atom stereocenters. The van der Waals surface area contributed by atoms with E-state index in [1.807, 2.05) is 0 Å². The number of nitrogens with two attached hydrogens (primary N) is 1. The summed E-state index contributed by atoms with van der Waals surface area (Å²) in [5.74, 6) is -2.51. The molecule has 1 heterocycles. The maximum atomic E-state index is 12.4. The molecule has 1 unspecified atom stereocenters. The van der Waals surface area contributed by atoms with Gasteiger partial charge in [0.15, 0.2) is 0 Å². The Balaban J connectivity index is 2.31. The molecule has 0 spiro atoms. The van der Waals surface area contributed by atoms with E-state index in [-0.39, 0.29) is 19.0 Å². The number of piperidine rings is 1. The predicted molar refractivity (Wildman–Crippen MR) is 35.0 cm³/mol. The number of hydrogen-bond acceptors (Lipinski definition) is 2. The first-order chi connectivity index (χ1) is 4.64. The number of hydrogen-bond donors (Lipinski definition) is 2. The van der Waals surface area contributed by atoms with Crippen LogP contribution in [0, 0.1) is 0 Å². The second-order valence-electron chi connectivity index (χ2n) is 2.71. The highest BCUT2D eigenvalue weighted by Gasteiger charge is 2.33. The van der Waals surface area contributed by atoms with Gasteiger partial charge in [-0.2, -0.15) is 0 Å². The Morgan fingerprint density at radius 3 is 2.70 bits per heavy atom. The first-order valence-electron chi connectivity index (χ1n) is 3.45. The second-order valence-corrected chi connectivity index (χ2v) is 2.71. The highest BCUT2D eigenvalue weighted by atomic mass is 19.3. The zero-order chi connectivity index (χ0) is 7.61.